The number of hydrogen-bond acceptors (Lipinski definition) is 8. The quantitative estimate of drug-likeness (QED) is 0.407. The zero-order valence-corrected chi connectivity index (χ0v) is 14.5. The molecule has 146 valence electrons. The van der Waals surface area contributed by atoms with Gasteiger partial charge in [0.2, 0.25) is 5.43 Å². The lowest BCUT2D eigenvalue weighted by Crippen LogP contribution is -2.19. The van der Waals surface area contributed by atoms with E-state index in [-0.39, 0.29) is 28.9 Å². The maximum Gasteiger partial charge on any atom is 0.340 e. The monoisotopic (exact) mass is 396 g/mol. The van der Waals surface area contributed by atoms with E-state index < -0.39 is 45.4 Å². The van der Waals surface area contributed by atoms with Crippen LogP contribution in [0.15, 0.2) is 33.7 Å². The number of phenolic OH excluding ortho intramolecular Hbond substituents is 3. The second kappa shape index (κ2) is 6.13. The summed E-state index contributed by atoms with van der Waals surface area (Å²) in [7, 11) is 0. The molecule has 2 aromatic carbocycles. The number of fused-ring (bicyclic) bond motifs is 2. The van der Waals surface area contributed by atoms with E-state index in [2.05, 4.69) is 0 Å². The normalized spacial score (nSPS) is 13.2. The Balaban J connectivity index is 2.02. The van der Waals surface area contributed by atoms with Crippen LogP contribution in [0.2, 0.25) is 0 Å². The summed E-state index contributed by atoms with van der Waals surface area (Å²) in [5.74, 6) is -4.73. The molecule has 1 aliphatic rings. The molecule has 0 spiro atoms. The van der Waals surface area contributed by atoms with Gasteiger partial charge in [-0.25, -0.2) is 4.79 Å². The van der Waals surface area contributed by atoms with Gasteiger partial charge in [0.1, 0.15) is 17.4 Å². The highest BCUT2D eigenvalue weighted by Crippen LogP contribution is 2.37. The molecule has 9 nitrogen and oxygen atoms in total. The molecule has 0 amide bonds. The molecule has 0 atom stereocenters. The van der Waals surface area contributed by atoms with Crippen molar-refractivity contribution >= 4 is 34.4 Å². The van der Waals surface area contributed by atoms with Gasteiger partial charge in [0.25, 0.3) is 0 Å². The molecule has 1 heterocycles. The van der Waals surface area contributed by atoms with Crippen LogP contribution >= 0.6 is 0 Å². The van der Waals surface area contributed by atoms with Crippen LogP contribution in [0.25, 0.3) is 22.6 Å². The molecule has 0 unspecified atom stereocenters. The summed E-state index contributed by atoms with van der Waals surface area (Å²) in [6, 6.07) is 3.36. The van der Waals surface area contributed by atoms with Gasteiger partial charge in [-0.1, -0.05) is 0 Å². The van der Waals surface area contributed by atoms with E-state index in [1.165, 1.54) is 18.2 Å². The van der Waals surface area contributed by atoms with E-state index in [1.54, 1.807) is 0 Å². The molecule has 4 rings (SSSR count). The van der Waals surface area contributed by atoms with Gasteiger partial charge in [-0.05, 0) is 29.3 Å². The van der Waals surface area contributed by atoms with Crippen molar-refractivity contribution in [1.82, 2.24) is 0 Å². The first-order chi connectivity index (χ1) is 13.7. The summed E-state index contributed by atoms with van der Waals surface area (Å²) in [4.78, 5) is 37.1. The lowest BCUT2D eigenvalue weighted by atomic mass is 9.87. The van der Waals surface area contributed by atoms with E-state index in [0.717, 1.165) is 12.3 Å². The Morgan fingerprint density at radius 2 is 1.66 bits per heavy atom. The van der Waals surface area contributed by atoms with Crippen molar-refractivity contribution < 1.29 is 39.5 Å². The second-order valence-electron chi connectivity index (χ2n) is 6.47. The maximum atomic E-state index is 13.0. The summed E-state index contributed by atoms with van der Waals surface area (Å²) < 4.78 is 5.27. The zero-order chi connectivity index (χ0) is 21.0. The summed E-state index contributed by atoms with van der Waals surface area (Å²) in [5, 5.41) is 47.7. The summed E-state index contributed by atoms with van der Waals surface area (Å²) in [6.07, 6.45) is 2.11. The summed E-state index contributed by atoms with van der Waals surface area (Å²) in [6.45, 7) is 0. The number of carbonyl (C=O) groups excluding carboxylic acids is 1. The Kier molecular flexibility index (Phi) is 3.83. The number of carbonyl (C=O) groups is 2. The SMILES string of the molecule is O=C1Cc2cc(O)c(O)cc2C=C1c1coc2cc(O)c(O)c(C(=O)O)c2c1=O. The Bertz CT molecular complexity index is 1330. The van der Waals surface area contributed by atoms with Crippen LogP contribution in [0.1, 0.15) is 27.0 Å². The number of ketones is 1. The van der Waals surface area contributed by atoms with Crippen LogP contribution in [-0.2, 0) is 11.2 Å². The number of aromatic hydroxyl groups is 4. The number of allylic oxidation sites excluding steroid dienone is 1. The van der Waals surface area contributed by atoms with E-state index in [9.17, 15) is 39.9 Å². The molecule has 0 saturated carbocycles. The van der Waals surface area contributed by atoms with Gasteiger partial charge in [-0.2, -0.15) is 0 Å². The minimum absolute atomic E-state index is 0.0813. The highest BCUT2D eigenvalue weighted by Gasteiger charge is 2.27. The van der Waals surface area contributed by atoms with E-state index in [4.69, 9.17) is 4.42 Å². The van der Waals surface area contributed by atoms with Gasteiger partial charge in [0.05, 0.1) is 10.9 Å². The second-order valence-corrected chi connectivity index (χ2v) is 6.47. The average Bonchev–Trinajstić information content (AvgIpc) is 2.65. The van der Waals surface area contributed by atoms with Gasteiger partial charge in [-0.3, -0.25) is 9.59 Å². The Morgan fingerprint density at radius 1 is 0.966 bits per heavy atom. The van der Waals surface area contributed by atoms with Crippen molar-refractivity contribution in [2.45, 2.75) is 6.42 Å². The molecule has 29 heavy (non-hydrogen) atoms. The van der Waals surface area contributed by atoms with Crippen LogP contribution in [0, 0.1) is 0 Å². The van der Waals surface area contributed by atoms with Crippen molar-refractivity contribution in [1.29, 1.82) is 0 Å². The third-order valence-electron chi connectivity index (χ3n) is 4.71. The van der Waals surface area contributed by atoms with Gasteiger partial charge >= 0.3 is 5.97 Å². The number of phenols is 4. The molecular weight excluding hydrogens is 384 g/mol. The van der Waals surface area contributed by atoms with E-state index in [0.29, 0.717) is 11.1 Å². The number of carboxylic acid groups (broad SMARTS) is 1. The van der Waals surface area contributed by atoms with Crippen LogP contribution < -0.4 is 5.43 Å². The van der Waals surface area contributed by atoms with Gasteiger partial charge in [0, 0.05) is 18.1 Å². The van der Waals surface area contributed by atoms with Crippen LogP contribution in [0.5, 0.6) is 23.0 Å². The number of aromatic carboxylic acids is 1. The predicted octanol–water partition coefficient (Wildman–Crippen LogP) is 1.98. The fraction of sp³-hybridized carbons (Fsp3) is 0.0500. The molecule has 0 aliphatic heterocycles. The van der Waals surface area contributed by atoms with Crippen molar-refractivity contribution in [3.8, 4) is 23.0 Å². The van der Waals surface area contributed by atoms with Crippen LogP contribution in [0.4, 0.5) is 0 Å². The number of rotatable bonds is 2. The molecule has 0 radical (unpaired) electrons. The summed E-state index contributed by atoms with van der Waals surface area (Å²) in [5.41, 5.74) is -1.50. The first kappa shape index (κ1) is 18.1. The summed E-state index contributed by atoms with van der Waals surface area (Å²) >= 11 is 0. The topological polar surface area (TPSA) is 166 Å². The molecule has 1 aromatic heterocycles. The Hall–Kier alpha value is -4.27. The standard InChI is InChI=1S/C20H12O9/c21-11-2-8-4-13(23)12(22)3-7(8)1-9(11)10-6-29-15-5-14(24)19(26)17(20(27)28)16(15)18(10)25/h1,3-6,22-24,26H,2H2,(H,27,28). The van der Waals surface area contributed by atoms with Gasteiger partial charge in [-0.15, -0.1) is 0 Å². The van der Waals surface area contributed by atoms with Crippen molar-refractivity contribution in [3.05, 3.63) is 56.9 Å². The van der Waals surface area contributed by atoms with Gasteiger partial charge in [0.15, 0.2) is 28.8 Å². The fourth-order valence-electron chi connectivity index (χ4n) is 3.31. The zero-order valence-electron chi connectivity index (χ0n) is 14.5. The number of Topliss-reactive ketones (excluding diaryl/α,β-unsaturated/α-hetero) is 1. The van der Waals surface area contributed by atoms with Gasteiger partial charge < -0.3 is 29.9 Å². The minimum Gasteiger partial charge on any atom is -0.504 e. The minimum atomic E-state index is -1.66. The number of benzene rings is 2. The Labute approximate surface area is 161 Å². The predicted molar refractivity (Wildman–Crippen MR) is 99.1 cm³/mol. The lowest BCUT2D eigenvalue weighted by Gasteiger charge is -2.16. The highest BCUT2D eigenvalue weighted by molar-refractivity contribution is 6.28. The molecule has 1 aliphatic carbocycles. The first-order valence-electron chi connectivity index (χ1n) is 8.23. The van der Waals surface area contributed by atoms with Crippen LogP contribution in [-0.4, -0.2) is 37.3 Å². The van der Waals surface area contributed by atoms with Crippen molar-refractivity contribution in [2.24, 2.45) is 0 Å². The van der Waals surface area contributed by atoms with Crippen molar-refractivity contribution in [3.63, 3.8) is 0 Å². The molecule has 9 heteroatoms. The van der Waals surface area contributed by atoms with E-state index in [1.807, 2.05) is 0 Å². The molecule has 5 N–H and O–H groups in total. The smallest absolute Gasteiger partial charge is 0.340 e. The number of hydrogen-bond donors (Lipinski definition) is 5. The third kappa shape index (κ3) is 2.67. The molecule has 3 aromatic rings. The highest BCUT2D eigenvalue weighted by atomic mass is 16.4. The molecule has 0 bridgehead atoms. The fourth-order valence-corrected chi connectivity index (χ4v) is 3.31. The van der Waals surface area contributed by atoms with E-state index >= 15 is 0 Å². The van der Waals surface area contributed by atoms with Crippen molar-refractivity contribution in [2.75, 3.05) is 0 Å². The maximum absolute atomic E-state index is 13.0. The Morgan fingerprint density at radius 3 is 2.34 bits per heavy atom. The first-order valence-corrected chi connectivity index (χ1v) is 8.23. The molecule has 0 fully saturated rings. The average molecular weight is 396 g/mol. The van der Waals surface area contributed by atoms with Crippen LogP contribution in [0.3, 0.4) is 0 Å². The largest absolute Gasteiger partial charge is 0.504 e. The molecular formula is C20H12O9. The third-order valence-corrected chi connectivity index (χ3v) is 4.71. The number of carboxylic acids is 1. The molecule has 0 saturated heterocycles. The lowest BCUT2D eigenvalue weighted by molar-refractivity contribution is -0.113.